The van der Waals surface area contributed by atoms with Crippen LogP contribution in [0.5, 0.6) is 0 Å². The molecule has 5 heteroatoms. The number of hydrogen-bond donors (Lipinski definition) is 2. The smallest absolute Gasteiger partial charge is 0.382 e. The summed E-state index contributed by atoms with van der Waals surface area (Å²) in [6.07, 6.45) is -1.02. The summed E-state index contributed by atoms with van der Waals surface area (Å²) in [4.78, 5) is 0. The van der Waals surface area contributed by atoms with Crippen molar-refractivity contribution in [2.45, 2.75) is 31.5 Å². The van der Waals surface area contributed by atoms with Gasteiger partial charge in [0.1, 0.15) is 0 Å². The lowest BCUT2D eigenvalue weighted by atomic mass is 10.0. The van der Waals surface area contributed by atoms with Crippen LogP contribution in [-0.4, -0.2) is 12.6 Å². The SMILES string of the molecule is NCC1CCCC1Nc1ccc(C(F)(F)F)cc1. The van der Waals surface area contributed by atoms with Gasteiger partial charge in [-0.1, -0.05) is 6.42 Å². The Morgan fingerprint density at radius 1 is 1.17 bits per heavy atom. The molecule has 2 unspecified atom stereocenters. The van der Waals surface area contributed by atoms with E-state index in [9.17, 15) is 13.2 Å². The van der Waals surface area contributed by atoms with E-state index >= 15 is 0 Å². The molecule has 0 aromatic heterocycles. The van der Waals surface area contributed by atoms with E-state index in [1.807, 2.05) is 0 Å². The van der Waals surface area contributed by atoms with Crippen molar-refractivity contribution in [1.29, 1.82) is 0 Å². The number of halogens is 3. The fourth-order valence-corrected chi connectivity index (χ4v) is 2.48. The lowest BCUT2D eigenvalue weighted by Gasteiger charge is -2.21. The van der Waals surface area contributed by atoms with Gasteiger partial charge >= 0.3 is 6.18 Å². The number of alkyl halides is 3. The van der Waals surface area contributed by atoms with E-state index < -0.39 is 11.7 Å². The maximum Gasteiger partial charge on any atom is 0.416 e. The van der Waals surface area contributed by atoms with Crippen LogP contribution in [0.1, 0.15) is 24.8 Å². The minimum Gasteiger partial charge on any atom is -0.382 e. The molecule has 1 fully saturated rings. The summed E-state index contributed by atoms with van der Waals surface area (Å²) in [5, 5.41) is 3.27. The molecule has 18 heavy (non-hydrogen) atoms. The summed E-state index contributed by atoms with van der Waals surface area (Å²) >= 11 is 0. The summed E-state index contributed by atoms with van der Waals surface area (Å²) in [6, 6.07) is 5.46. The second-order valence-electron chi connectivity index (χ2n) is 4.75. The lowest BCUT2D eigenvalue weighted by Crippen LogP contribution is -2.29. The Hall–Kier alpha value is -1.23. The molecule has 100 valence electrons. The Morgan fingerprint density at radius 3 is 2.39 bits per heavy atom. The average Bonchev–Trinajstić information content (AvgIpc) is 2.76. The van der Waals surface area contributed by atoms with Gasteiger partial charge in [-0.25, -0.2) is 0 Å². The van der Waals surface area contributed by atoms with Crippen LogP contribution in [0.25, 0.3) is 0 Å². The molecule has 0 amide bonds. The molecule has 2 rings (SSSR count). The zero-order valence-electron chi connectivity index (χ0n) is 10.0. The number of rotatable bonds is 3. The molecule has 0 radical (unpaired) electrons. The van der Waals surface area contributed by atoms with Crippen molar-refractivity contribution in [3.63, 3.8) is 0 Å². The first-order valence-electron chi connectivity index (χ1n) is 6.14. The van der Waals surface area contributed by atoms with Gasteiger partial charge in [0.05, 0.1) is 5.56 Å². The molecular weight excluding hydrogens is 241 g/mol. The number of benzene rings is 1. The Bertz CT molecular complexity index is 386. The van der Waals surface area contributed by atoms with Crippen LogP contribution in [0.3, 0.4) is 0 Å². The van der Waals surface area contributed by atoms with Gasteiger partial charge in [-0.2, -0.15) is 13.2 Å². The third-order valence-electron chi connectivity index (χ3n) is 3.53. The summed E-state index contributed by atoms with van der Waals surface area (Å²) in [6.45, 7) is 0.623. The average molecular weight is 258 g/mol. The van der Waals surface area contributed by atoms with Gasteiger partial charge in [-0.15, -0.1) is 0 Å². The largest absolute Gasteiger partial charge is 0.416 e. The zero-order chi connectivity index (χ0) is 13.2. The maximum atomic E-state index is 12.4. The Morgan fingerprint density at radius 2 is 1.83 bits per heavy atom. The first kappa shape index (κ1) is 13.2. The topological polar surface area (TPSA) is 38.0 Å². The molecule has 1 aromatic rings. The van der Waals surface area contributed by atoms with Crippen molar-refractivity contribution in [3.05, 3.63) is 29.8 Å². The van der Waals surface area contributed by atoms with E-state index in [4.69, 9.17) is 5.73 Å². The summed E-state index contributed by atoms with van der Waals surface area (Å²) < 4.78 is 37.2. The first-order valence-corrected chi connectivity index (χ1v) is 6.14. The third-order valence-corrected chi connectivity index (χ3v) is 3.53. The minimum atomic E-state index is -4.27. The van der Waals surface area contributed by atoms with Gasteiger partial charge in [0.15, 0.2) is 0 Å². The summed E-state index contributed by atoms with van der Waals surface area (Å²) in [7, 11) is 0. The quantitative estimate of drug-likeness (QED) is 0.873. The van der Waals surface area contributed by atoms with Gasteiger partial charge < -0.3 is 11.1 Å². The van der Waals surface area contributed by atoms with Crippen molar-refractivity contribution in [2.24, 2.45) is 11.7 Å². The van der Waals surface area contributed by atoms with Crippen LogP contribution < -0.4 is 11.1 Å². The molecule has 2 atom stereocenters. The van der Waals surface area contributed by atoms with Crippen LogP contribution in [0.4, 0.5) is 18.9 Å². The third kappa shape index (κ3) is 2.96. The lowest BCUT2D eigenvalue weighted by molar-refractivity contribution is -0.137. The monoisotopic (exact) mass is 258 g/mol. The van der Waals surface area contributed by atoms with E-state index in [0.717, 1.165) is 37.1 Å². The standard InChI is InChI=1S/C13H17F3N2/c14-13(15,16)10-4-6-11(7-5-10)18-12-3-1-2-9(12)8-17/h4-7,9,12,18H,1-3,8,17H2. The number of hydrogen-bond acceptors (Lipinski definition) is 2. The molecule has 1 aliphatic rings. The molecule has 2 nitrogen and oxygen atoms in total. The highest BCUT2D eigenvalue weighted by Gasteiger charge is 2.30. The predicted octanol–water partition coefficient (Wildman–Crippen LogP) is 3.24. The highest BCUT2D eigenvalue weighted by atomic mass is 19.4. The molecule has 1 saturated carbocycles. The highest BCUT2D eigenvalue weighted by Crippen LogP contribution is 2.31. The van der Waals surface area contributed by atoms with E-state index in [2.05, 4.69) is 5.32 Å². The van der Waals surface area contributed by atoms with Crippen LogP contribution in [0.15, 0.2) is 24.3 Å². The van der Waals surface area contributed by atoms with Gasteiger partial charge in [0.25, 0.3) is 0 Å². The van der Waals surface area contributed by atoms with E-state index in [1.165, 1.54) is 12.1 Å². The van der Waals surface area contributed by atoms with E-state index in [1.54, 1.807) is 0 Å². The van der Waals surface area contributed by atoms with E-state index in [-0.39, 0.29) is 6.04 Å². The molecule has 0 heterocycles. The maximum absolute atomic E-state index is 12.4. The van der Waals surface area contributed by atoms with Crippen molar-refractivity contribution in [1.82, 2.24) is 0 Å². The molecule has 0 bridgehead atoms. The molecule has 3 N–H and O–H groups in total. The van der Waals surface area contributed by atoms with Crippen molar-refractivity contribution < 1.29 is 13.2 Å². The van der Waals surface area contributed by atoms with Crippen LogP contribution >= 0.6 is 0 Å². The fraction of sp³-hybridized carbons (Fsp3) is 0.538. The van der Waals surface area contributed by atoms with Gasteiger partial charge in [-0.05, 0) is 49.6 Å². The van der Waals surface area contributed by atoms with Crippen molar-refractivity contribution >= 4 is 5.69 Å². The van der Waals surface area contributed by atoms with Crippen molar-refractivity contribution in [3.8, 4) is 0 Å². The summed E-state index contributed by atoms with van der Waals surface area (Å²) in [5.41, 5.74) is 5.78. The van der Waals surface area contributed by atoms with Crippen molar-refractivity contribution in [2.75, 3.05) is 11.9 Å². The molecular formula is C13H17F3N2. The highest BCUT2D eigenvalue weighted by molar-refractivity contribution is 5.46. The van der Waals surface area contributed by atoms with Crippen LogP contribution in [-0.2, 0) is 6.18 Å². The predicted molar refractivity (Wildman–Crippen MR) is 65.3 cm³/mol. The molecule has 0 saturated heterocycles. The number of nitrogens with one attached hydrogen (secondary N) is 1. The van der Waals surface area contributed by atoms with Gasteiger partial charge in [0.2, 0.25) is 0 Å². The Kier molecular flexibility index (Phi) is 3.80. The van der Waals surface area contributed by atoms with E-state index in [0.29, 0.717) is 12.5 Å². The summed E-state index contributed by atoms with van der Waals surface area (Å²) in [5.74, 6) is 0.423. The van der Waals surface area contributed by atoms with Crippen LogP contribution in [0.2, 0.25) is 0 Å². The van der Waals surface area contributed by atoms with Gasteiger partial charge in [-0.3, -0.25) is 0 Å². The molecule has 1 aliphatic carbocycles. The molecule has 0 aliphatic heterocycles. The number of anilines is 1. The van der Waals surface area contributed by atoms with Gasteiger partial charge in [0, 0.05) is 11.7 Å². The number of nitrogens with two attached hydrogens (primary N) is 1. The molecule has 0 spiro atoms. The second-order valence-corrected chi connectivity index (χ2v) is 4.75. The Balaban J connectivity index is 2.02. The van der Waals surface area contributed by atoms with Crippen LogP contribution in [0, 0.1) is 5.92 Å². The minimum absolute atomic E-state index is 0.284. The Labute approximate surface area is 104 Å². The fourth-order valence-electron chi connectivity index (χ4n) is 2.48. The second kappa shape index (κ2) is 5.18. The molecule has 1 aromatic carbocycles. The normalized spacial score (nSPS) is 24.2. The first-order chi connectivity index (χ1) is 8.50. The zero-order valence-corrected chi connectivity index (χ0v) is 10.0.